The van der Waals surface area contributed by atoms with Crippen molar-refractivity contribution in [1.82, 2.24) is 0 Å². The number of benzene rings is 3. The number of carbonyl (C=O) groups excluding carboxylic acids is 1. The summed E-state index contributed by atoms with van der Waals surface area (Å²) >= 11 is 2.13. The Bertz CT molecular complexity index is 974. The molecular weight excluding hydrogens is 495 g/mol. The molecule has 0 aliphatic carbocycles. The number of halogens is 1. The predicted octanol–water partition coefficient (Wildman–Crippen LogP) is 5.63. The summed E-state index contributed by atoms with van der Waals surface area (Å²) in [5, 5.41) is 0. The third-order valence-corrected chi connectivity index (χ3v) is 5.32. The van der Waals surface area contributed by atoms with Crippen LogP contribution in [0.2, 0.25) is 0 Å². The molecule has 5 nitrogen and oxygen atoms in total. The molecule has 0 atom stereocenters. The fraction of sp³-hybridized carbons (Fsp3) is 0.208. The molecule has 0 bridgehead atoms. The Morgan fingerprint density at radius 2 is 1.37 bits per heavy atom. The highest BCUT2D eigenvalue weighted by molar-refractivity contribution is 14.1. The van der Waals surface area contributed by atoms with Gasteiger partial charge in [0.1, 0.15) is 30.3 Å². The van der Waals surface area contributed by atoms with Gasteiger partial charge in [0, 0.05) is 13.2 Å². The van der Waals surface area contributed by atoms with E-state index >= 15 is 0 Å². The van der Waals surface area contributed by atoms with Gasteiger partial charge in [-0.3, -0.25) is 4.79 Å². The minimum atomic E-state index is -0.156. The standard InChI is InChI=1S/C24H23IO5/c1-17(26)22-20(28-14-18-9-5-3-6-10-18)13-21(23(25)24(22)30-16-27-2)29-15-19-11-7-4-8-12-19/h3-13H,14-16H2,1-2H3. The van der Waals surface area contributed by atoms with Crippen molar-refractivity contribution in [1.29, 1.82) is 0 Å². The van der Waals surface area contributed by atoms with Crippen molar-refractivity contribution in [2.45, 2.75) is 20.1 Å². The molecule has 0 saturated carbocycles. The van der Waals surface area contributed by atoms with Crippen LogP contribution in [-0.4, -0.2) is 19.7 Å². The van der Waals surface area contributed by atoms with Gasteiger partial charge in [-0.2, -0.15) is 0 Å². The van der Waals surface area contributed by atoms with Crippen LogP contribution < -0.4 is 14.2 Å². The number of hydrogen-bond donors (Lipinski definition) is 0. The second-order valence-electron chi connectivity index (χ2n) is 6.55. The Balaban J connectivity index is 1.95. The van der Waals surface area contributed by atoms with Crippen LogP contribution in [0, 0.1) is 3.57 Å². The van der Waals surface area contributed by atoms with E-state index in [4.69, 9.17) is 18.9 Å². The molecule has 3 rings (SSSR count). The first-order valence-corrected chi connectivity index (χ1v) is 10.5. The van der Waals surface area contributed by atoms with Gasteiger partial charge in [0.05, 0.1) is 3.57 Å². The fourth-order valence-electron chi connectivity index (χ4n) is 2.86. The molecule has 3 aromatic carbocycles. The predicted molar refractivity (Wildman–Crippen MR) is 123 cm³/mol. The van der Waals surface area contributed by atoms with Crippen LogP contribution in [0.1, 0.15) is 28.4 Å². The van der Waals surface area contributed by atoms with Gasteiger partial charge in [-0.1, -0.05) is 60.7 Å². The van der Waals surface area contributed by atoms with Gasteiger partial charge in [0.15, 0.2) is 18.3 Å². The summed E-state index contributed by atoms with van der Waals surface area (Å²) in [4.78, 5) is 12.5. The summed E-state index contributed by atoms with van der Waals surface area (Å²) in [5.74, 6) is 1.25. The van der Waals surface area contributed by atoms with Gasteiger partial charge in [-0.25, -0.2) is 0 Å². The van der Waals surface area contributed by atoms with Crippen LogP contribution in [0.3, 0.4) is 0 Å². The van der Waals surface area contributed by atoms with Gasteiger partial charge in [-0.15, -0.1) is 0 Å². The van der Waals surface area contributed by atoms with Crippen LogP contribution >= 0.6 is 22.6 Å². The zero-order valence-corrected chi connectivity index (χ0v) is 19.0. The first-order valence-electron chi connectivity index (χ1n) is 9.42. The van der Waals surface area contributed by atoms with Crippen LogP contribution in [0.15, 0.2) is 66.7 Å². The number of ketones is 1. The molecular formula is C24H23IO5. The van der Waals surface area contributed by atoms with E-state index in [2.05, 4.69) is 22.6 Å². The van der Waals surface area contributed by atoms with E-state index in [0.717, 1.165) is 11.1 Å². The molecule has 156 valence electrons. The maximum Gasteiger partial charge on any atom is 0.188 e. The van der Waals surface area contributed by atoms with E-state index in [-0.39, 0.29) is 12.6 Å². The molecule has 0 N–H and O–H groups in total. The smallest absolute Gasteiger partial charge is 0.188 e. The van der Waals surface area contributed by atoms with Crippen molar-refractivity contribution in [2.75, 3.05) is 13.9 Å². The summed E-state index contributed by atoms with van der Waals surface area (Å²) in [7, 11) is 1.53. The third-order valence-electron chi connectivity index (χ3n) is 4.30. The van der Waals surface area contributed by atoms with Crippen molar-refractivity contribution in [2.24, 2.45) is 0 Å². The lowest BCUT2D eigenvalue weighted by Crippen LogP contribution is -2.10. The lowest BCUT2D eigenvalue weighted by molar-refractivity contribution is 0.0491. The monoisotopic (exact) mass is 518 g/mol. The van der Waals surface area contributed by atoms with Crippen molar-refractivity contribution in [3.63, 3.8) is 0 Å². The minimum Gasteiger partial charge on any atom is -0.488 e. The van der Waals surface area contributed by atoms with Crippen molar-refractivity contribution in [3.8, 4) is 17.2 Å². The average molecular weight is 518 g/mol. The van der Waals surface area contributed by atoms with E-state index in [9.17, 15) is 4.79 Å². The van der Waals surface area contributed by atoms with Crippen LogP contribution in [0.5, 0.6) is 17.2 Å². The van der Waals surface area contributed by atoms with Crippen molar-refractivity contribution >= 4 is 28.4 Å². The second kappa shape index (κ2) is 11.0. The highest BCUT2D eigenvalue weighted by atomic mass is 127. The second-order valence-corrected chi connectivity index (χ2v) is 7.63. The number of rotatable bonds is 10. The van der Waals surface area contributed by atoms with E-state index < -0.39 is 0 Å². The van der Waals surface area contributed by atoms with E-state index in [1.54, 1.807) is 6.07 Å². The molecule has 0 fully saturated rings. The van der Waals surface area contributed by atoms with Gasteiger partial charge in [0.25, 0.3) is 0 Å². The maximum absolute atomic E-state index is 12.5. The molecule has 0 heterocycles. The van der Waals surface area contributed by atoms with Gasteiger partial charge in [-0.05, 0) is 40.6 Å². The number of hydrogen-bond acceptors (Lipinski definition) is 5. The summed E-state index contributed by atoms with van der Waals surface area (Å²) < 4.78 is 23.6. The zero-order chi connectivity index (χ0) is 21.3. The lowest BCUT2D eigenvalue weighted by Gasteiger charge is -2.19. The lowest BCUT2D eigenvalue weighted by atomic mass is 10.1. The Morgan fingerprint density at radius 1 is 0.833 bits per heavy atom. The van der Waals surface area contributed by atoms with Gasteiger partial charge >= 0.3 is 0 Å². The topological polar surface area (TPSA) is 54.0 Å². The normalized spacial score (nSPS) is 10.5. The molecule has 0 unspecified atom stereocenters. The Labute approximate surface area is 190 Å². The fourth-order valence-corrected chi connectivity index (χ4v) is 3.60. The largest absolute Gasteiger partial charge is 0.488 e. The summed E-state index contributed by atoms with van der Waals surface area (Å²) in [5.41, 5.74) is 2.41. The molecule has 0 amide bonds. The molecule has 0 spiro atoms. The van der Waals surface area contributed by atoms with Crippen molar-refractivity contribution < 1.29 is 23.7 Å². The minimum absolute atomic E-state index is 0.0105. The summed E-state index contributed by atoms with van der Waals surface area (Å²) in [6.45, 7) is 2.21. The van der Waals surface area contributed by atoms with Crippen LogP contribution in [0.25, 0.3) is 0 Å². The zero-order valence-electron chi connectivity index (χ0n) is 16.9. The van der Waals surface area contributed by atoms with Gasteiger partial charge < -0.3 is 18.9 Å². The number of methoxy groups -OCH3 is 1. The summed E-state index contributed by atoms with van der Waals surface area (Å²) in [6, 6.07) is 21.4. The molecule has 6 heteroatoms. The van der Waals surface area contributed by atoms with Crippen molar-refractivity contribution in [3.05, 3.63) is 87.0 Å². The van der Waals surface area contributed by atoms with Crippen LogP contribution in [0.4, 0.5) is 0 Å². The SMILES string of the molecule is COCOc1c(I)c(OCc2ccccc2)cc(OCc2ccccc2)c1C(C)=O. The molecule has 0 aliphatic heterocycles. The molecule has 0 aromatic heterocycles. The van der Waals surface area contributed by atoms with E-state index in [1.165, 1.54) is 14.0 Å². The highest BCUT2D eigenvalue weighted by Crippen LogP contribution is 2.41. The number of ether oxygens (including phenoxy) is 4. The maximum atomic E-state index is 12.5. The quantitative estimate of drug-likeness (QED) is 0.198. The molecule has 3 aromatic rings. The van der Waals surface area contributed by atoms with E-state index in [0.29, 0.717) is 39.6 Å². The summed E-state index contributed by atoms with van der Waals surface area (Å²) in [6.07, 6.45) is 0. The van der Waals surface area contributed by atoms with Crippen LogP contribution in [-0.2, 0) is 18.0 Å². The highest BCUT2D eigenvalue weighted by Gasteiger charge is 2.23. The number of Topliss-reactive ketones (excluding diaryl/α,β-unsaturated/α-hetero) is 1. The molecule has 0 saturated heterocycles. The van der Waals surface area contributed by atoms with Gasteiger partial charge in [0.2, 0.25) is 0 Å². The first-order chi connectivity index (χ1) is 14.6. The molecule has 30 heavy (non-hydrogen) atoms. The first kappa shape index (κ1) is 22.1. The third kappa shape index (κ3) is 5.73. The van der Waals surface area contributed by atoms with E-state index in [1.807, 2.05) is 60.7 Å². The number of carbonyl (C=O) groups is 1. The average Bonchev–Trinajstić information content (AvgIpc) is 2.77. The Hall–Kier alpha value is -2.58. The molecule has 0 aliphatic rings. The Kier molecular flexibility index (Phi) is 8.10. The Morgan fingerprint density at radius 3 is 1.87 bits per heavy atom. The molecule has 0 radical (unpaired) electrons.